The van der Waals surface area contributed by atoms with Gasteiger partial charge in [-0.2, -0.15) is 4.99 Å². The van der Waals surface area contributed by atoms with E-state index in [9.17, 15) is 0 Å². The number of nitrogens with two attached hydrogens (primary N) is 2. The summed E-state index contributed by atoms with van der Waals surface area (Å²) in [6, 6.07) is 7.97. The second kappa shape index (κ2) is 6.85. The third kappa shape index (κ3) is 4.03. The molecule has 1 heterocycles. The van der Waals surface area contributed by atoms with Crippen LogP contribution in [0.4, 0.5) is 10.8 Å². The van der Waals surface area contributed by atoms with Gasteiger partial charge in [0.25, 0.3) is 0 Å². The molecule has 0 fully saturated rings. The van der Waals surface area contributed by atoms with Crippen molar-refractivity contribution in [3.05, 3.63) is 29.1 Å². The van der Waals surface area contributed by atoms with E-state index in [1.807, 2.05) is 38.1 Å². The summed E-state index contributed by atoms with van der Waals surface area (Å²) in [6.07, 6.45) is 1.69. The molecule has 110 valence electrons. The molecule has 6 nitrogen and oxygen atoms in total. The highest BCUT2D eigenvalue weighted by Gasteiger charge is 2.10. The topological polar surface area (TPSA) is 102 Å². The van der Waals surface area contributed by atoms with Crippen molar-refractivity contribution in [3.63, 3.8) is 0 Å². The Bertz CT molecular complexity index is 670. The maximum atomic E-state index is 5.38. The number of hydrogen-bond donors (Lipinski definition) is 3. The van der Waals surface area contributed by atoms with E-state index in [1.165, 1.54) is 11.3 Å². The minimum atomic E-state index is 0.0153. The summed E-state index contributed by atoms with van der Waals surface area (Å²) in [5.41, 5.74) is 13.6. The van der Waals surface area contributed by atoms with E-state index in [0.717, 1.165) is 28.4 Å². The summed E-state index contributed by atoms with van der Waals surface area (Å²) >= 11 is 1.46. The number of anilines is 1. The molecule has 2 aromatic rings. The number of guanidine groups is 1. The van der Waals surface area contributed by atoms with Crippen LogP contribution in [-0.4, -0.2) is 23.8 Å². The predicted octanol–water partition coefficient (Wildman–Crippen LogP) is 2.48. The van der Waals surface area contributed by atoms with Crippen molar-refractivity contribution in [2.75, 3.05) is 11.9 Å². The van der Waals surface area contributed by atoms with E-state index in [2.05, 4.69) is 20.3 Å². The van der Waals surface area contributed by atoms with Crippen molar-refractivity contribution in [1.82, 2.24) is 4.98 Å². The average molecular weight is 302 g/mol. The van der Waals surface area contributed by atoms with Gasteiger partial charge in [0.05, 0.1) is 12.0 Å². The Kier molecular flexibility index (Phi) is 4.89. The Hall–Kier alpha value is -2.41. The molecule has 1 aromatic heterocycles. The first-order valence-corrected chi connectivity index (χ1v) is 7.34. The van der Waals surface area contributed by atoms with Crippen LogP contribution in [0.3, 0.4) is 0 Å². The molecule has 0 aliphatic rings. The van der Waals surface area contributed by atoms with Crippen molar-refractivity contribution >= 4 is 34.5 Å². The fraction of sp³-hybridized carbons (Fsp3) is 0.214. The van der Waals surface area contributed by atoms with E-state index in [4.69, 9.17) is 11.5 Å². The van der Waals surface area contributed by atoms with E-state index in [-0.39, 0.29) is 5.96 Å². The summed E-state index contributed by atoms with van der Waals surface area (Å²) < 4.78 is 0. The summed E-state index contributed by atoms with van der Waals surface area (Å²) in [5, 5.41) is 3.69. The van der Waals surface area contributed by atoms with Gasteiger partial charge < -0.3 is 16.8 Å². The maximum absolute atomic E-state index is 5.38. The highest BCUT2D eigenvalue weighted by molar-refractivity contribution is 7.15. The molecule has 0 amide bonds. The number of hydrogen-bond acceptors (Lipinski definition) is 4. The summed E-state index contributed by atoms with van der Waals surface area (Å²) in [4.78, 5) is 13.7. The summed E-state index contributed by atoms with van der Waals surface area (Å²) in [5.74, 6) is 0.0153. The molecule has 7 heteroatoms. The smallest absolute Gasteiger partial charge is 0.213 e. The molecule has 5 N–H and O–H groups in total. The molecule has 0 saturated carbocycles. The highest BCUT2D eigenvalue weighted by Crippen LogP contribution is 2.32. The highest BCUT2D eigenvalue weighted by atomic mass is 32.1. The Labute approximate surface area is 127 Å². The Balaban J connectivity index is 2.29. The fourth-order valence-electron chi connectivity index (χ4n) is 1.78. The van der Waals surface area contributed by atoms with Crippen molar-refractivity contribution in [1.29, 1.82) is 0 Å². The van der Waals surface area contributed by atoms with Crippen LogP contribution >= 0.6 is 11.3 Å². The lowest BCUT2D eigenvalue weighted by Gasteiger charge is -2.03. The predicted molar refractivity (Wildman–Crippen MR) is 90.4 cm³/mol. The Morgan fingerprint density at radius 2 is 2.24 bits per heavy atom. The number of aryl methyl sites for hydroxylation is 1. The first-order chi connectivity index (χ1) is 10.1. The molecule has 0 spiro atoms. The van der Waals surface area contributed by atoms with Gasteiger partial charge in [-0.1, -0.05) is 23.5 Å². The molecule has 0 aliphatic heterocycles. The van der Waals surface area contributed by atoms with Gasteiger partial charge in [0.15, 0.2) is 5.96 Å². The van der Waals surface area contributed by atoms with E-state index < -0.39 is 0 Å². The zero-order valence-corrected chi connectivity index (χ0v) is 12.8. The average Bonchev–Trinajstić information content (AvgIpc) is 2.79. The van der Waals surface area contributed by atoms with Crippen LogP contribution in [0.5, 0.6) is 0 Å². The molecular formula is C14H18N6S. The fourth-order valence-corrected chi connectivity index (χ4v) is 2.60. The number of thiazole rings is 1. The van der Waals surface area contributed by atoms with Gasteiger partial charge in [0.1, 0.15) is 0 Å². The third-order valence-electron chi connectivity index (χ3n) is 2.65. The number of aliphatic imine (C=N–C) groups is 2. The second-order valence-electron chi connectivity index (χ2n) is 4.29. The number of nitrogens with one attached hydrogen (secondary N) is 1. The minimum Gasteiger partial charge on any atom is -0.370 e. The molecule has 0 unspecified atom stereocenters. The van der Waals surface area contributed by atoms with Crippen LogP contribution in [0.1, 0.15) is 11.8 Å². The summed E-state index contributed by atoms with van der Waals surface area (Å²) in [6.45, 7) is 4.73. The zero-order valence-electron chi connectivity index (χ0n) is 12.0. The van der Waals surface area contributed by atoms with Crippen LogP contribution < -0.4 is 16.8 Å². The SMILES string of the molecule is CCN=CNc1cccc(-c2nc(N=C(N)N)sc2C)c1. The molecule has 1 aromatic carbocycles. The molecular weight excluding hydrogens is 284 g/mol. The van der Waals surface area contributed by atoms with Crippen molar-refractivity contribution in [2.45, 2.75) is 13.8 Å². The van der Waals surface area contributed by atoms with Gasteiger partial charge in [-0.05, 0) is 26.0 Å². The van der Waals surface area contributed by atoms with Crippen LogP contribution in [0, 0.1) is 6.92 Å². The Morgan fingerprint density at radius 3 is 2.95 bits per heavy atom. The largest absolute Gasteiger partial charge is 0.370 e. The summed E-state index contributed by atoms with van der Waals surface area (Å²) in [7, 11) is 0. The number of aromatic nitrogens is 1. The van der Waals surface area contributed by atoms with Gasteiger partial charge >= 0.3 is 0 Å². The third-order valence-corrected chi connectivity index (χ3v) is 3.52. The normalized spacial score (nSPS) is 10.8. The molecule has 0 radical (unpaired) electrons. The van der Waals surface area contributed by atoms with Crippen molar-refractivity contribution < 1.29 is 0 Å². The molecule has 21 heavy (non-hydrogen) atoms. The molecule has 0 saturated heterocycles. The maximum Gasteiger partial charge on any atom is 0.213 e. The molecule has 2 rings (SSSR count). The lowest BCUT2D eigenvalue weighted by molar-refractivity contribution is 1.14. The molecule has 0 aliphatic carbocycles. The van der Waals surface area contributed by atoms with Crippen molar-refractivity contribution in [3.8, 4) is 11.3 Å². The van der Waals surface area contributed by atoms with Crippen LogP contribution in [0.2, 0.25) is 0 Å². The lowest BCUT2D eigenvalue weighted by atomic mass is 10.1. The zero-order chi connectivity index (χ0) is 15.2. The van der Waals surface area contributed by atoms with Gasteiger partial charge in [-0.3, -0.25) is 4.99 Å². The number of rotatable bonds is 5. The van der Waals surface area contributed by atoms with E-state index >= 15 is 0 Å². The van der Waals surface area contributed by atoms with Gasteiger partial charge in [0.2, 0.25) is 5.13 Å². The van der Waals surface area contributed by atoms with Gasteiger partial charge in [0, 0.05) is 22.7 Å². The molecule has 0 atom stereocenters. The minimum absolute atomic E-state index is 0.0153. The van der Waals surface area contributed by atoms with Crippen molar-refractivity contribution in [2.24, 2.45) is 21.5 Å². The van der Waals surface area contributed by atoms with Crippen LogP contribution in [0.25, 0.3) is 11.3 Å². The van der Waals surface area contributed by atoms with Crippen LogP contribution in [-0.2, 0) is 0 Å². The Morgan fingerprint density at radius 1 is 1.43 bits per heavy atom. The van der Waals surface area contributed by atoms with Crippen LogP contribution in [0.15, 0.2) is 34.3 Å². The second-order valence-corrected chi connectivity index (χ2v) is 5.47. The quantitative estimate of drug-likeness (QED) is 0.583. The lowest BCUT2D eigenvalue weighted by Crippen LogP contribution is -2.21. The first kappa shape index (κ1) is 15.0. The van der Waals surface area contributed by atoms with Gasteiger partial charge in [-0.25, -0.2) is 4.98 Å². The van der Waals surface area contributed by atoms with E-state index in [1.54, 1.807) is 6.34 Å². The number of benzene rings is 1. The number of nitrogens with zero attached hydrogens (tertiary/aromatic N) is 3. The first-order valence-electron chi connectivity index (χ1n) is 6.52. The monoisotopic (exact) mass is 302 g/mol. The molecule has 0 bridgehead atoms. The van der Waals surface area contributed by atoms with E-state index in [0.29, 0.717) is 5.13 Å². The van der Waals surface area contributed by atoms with Gasteiger partial charge in [-0.15, -0.1) is 0 Å². The standard InChI is InChI=1S/C14H18N6S/c1-3-17-8-18-11-6-4-5-10(7-11)12-9(2)21-14(19-12)20-13(15)16/h4-8H,3H2,1-2H3,(H,17,18)(H4,15,16,19,20).